The molecule has 24 heavy (non-hydrogen) atoms. The van der Waals surface area contributed by atoms with Crippen LogP contribution >= 0.6 is 0 Å². The lowest BCUT2D eigenvalue weighted by atomic mass is 10.2. The Bertz CT molecular complexity index is 1340. The van der Waals surface area contributed by atoms with Crippen molar-refractivity contribution in [1.29, 1.82) is 0 Å². The number of aryl methyl sites for hydroxylation is 1. The molecule has 0 aliphatic rings. The molecule has 0 aliphatic carbocycles. The molecular weight excluding hydrogens is 302 g/mol. The molecule has 0 aliphatic heterocycles. The van der Waals surface area contributed by atoms with Gasteiger partial charge in [-0.3, -0.25) is 9.20 Å². The highest BCUT2D eigenvalue weighted by atomic mass is 16.1. The van der Waals surface area contributed by atoms with Crippen LogP contribution in [0.15, 0.2) is 54.0 Å². The molecule has 1 N–H and O–H groups in total. The SMILES string of the molecule is Cn1cncc1C=c1c2ccccc2c2[nH]c(=O)c3nccn3c12. The van der Waals surface area contributed by atoms with Crippen LogP contribution in [0.3, 0.4) is 0 Å². The van der Waals surface area contributed by atoms with Crippen LogP contribution in [0.5, 0.6) is 0 Å². The fourth-order valence-electron chi connectivity index (χ4n) is 3.32. The highest BCUT2D eigenvalue weighted by Crippen LogP contribution is 2.22. The average Bonchev–Trinajstić information content (AvgIpc) is 3.28. The van der Waals surface area contributed by atoms with Crippen LogP contribution in [-0.4, -0.2) is 23.9 Å². The maximum absolute atomic E-state index is 12.3. The zero-order chi connectivity index (χ0) is 16.3. The predicted molar refractivity (Wildman–Crippen MR) is 92.8 cm³/mol. The van der Waals surface area contributed by atoms with Gasteiger partial charge in [-0.05, 0) is 11.5 Å². The summed E-state index contributed by atoms with van der Waals surface area (Å²) in [4.78, 5) is 23.7. The second-order valence-corrected chi connectivity index (χ2v) is 5.83. The van der Waals surface area contributed by atoms with Crippen molar-refractivity contribution in [3.8, 4) is 0 Å². The number of aromatic amines is 1. The Morgan fingerprint density at radius 1 is 1.21 bits per heavy atom. The van der Waals surface area contributed by atoms with E-state index in [1.54, 1.807) is 12.5 Å². The summed E-state index contributed by atoms with van der Waals surface area (Å²) in [6.45, 7) is 0. The molecule has 0 fully saturated rings. The van der Waals surface area contributed by atoms with E-state index in [0.29, 0.717) is 5.65 Å². The van der Waals surface area contributed by atoms with Crippen molar-refractivity contribution >= 4 is 33.5 Å². The number of nitrogens with one attached hydrogen (secondary N) is 1. The summed E-state index contributed by atoms with van der Waals surface area (Å²) >= 11 is 0. The standard InChI is InChI=1S/C18H13N5O/c1-22-10-19-9-11(22)8-14-12-4-2-3-5-13(12)15-16(14)23-7-6-20-17(23)18(24)21-15/h2-10H,1H3,(H,21,24). The average molecular weight is 315 g/mol. The van der Waals surface area contributed by atoms with E-state index in [1.807, 2.05) is 46.6 Å². The first-order valence-corrected chi connectivity index (χ1v) is 7.61. The zero-order valence-corrected chi connectivity index (χ0v) is 12.9. The van der Waals surface area contributed by atoms with Gasteiger partial charge in [0.05, 0.1) is 29.3 Å². The zero-order valence-electron chi connectivity index (χ0n) is 12.9. The van der Waals surface area contributed by atoms with E-state index in [-0.39, 0.29) is 5.56 Å². The Hall–Kier alpha value is -3.41. The van der Waals surface area contributed by atoms with Gasteiger partial charge in [-0.2, -0.15) is 0 Å². The lowest BCUT2D eigenvalue weighted by Crippen LogP contribution is -2.13. The number of hydrogen-bond donors (Lipinski definition) is 1. The molecule has 6 nitrogen and oxygen atoms in total. The van der Waals surface area contributed by atoms with Gasteiger partial charge in [-0.1, -0.05) is 24.3 Å². The van der Waals surface area contributed by atoms with E-state index in [2.05, 4.69) is 27.1 Å². The summed E-state index contributed by atoms with van der Waals surface area (Å²) in [6, 6.07) is 8.08. The largest absolute Gasteiger partial charge is 0.334 e. The van der Waals surface area contributed by atoms with Gasteiger partial charge in [0.1, 0.15) is 0 Å². The number of benzene rings is 1. The first kappa shape index (κ1) is 13.1. The third kappa shape index (κ3) is 1.62. The van der Waals surface area contributed by atoms with Gasteiger partial charge in [0.25, 0.3) is 5.56 Å². The topological polar surface area (TPSA) is 68.0 Å². The smallest absolute Gasteiger partial charge is 0.292 e. The van der Waals surface area contributed by atoms with Crippen LogP contribution in [0.2, 0.25) is 0 Å². The number of aromatic nitrogens is 5. The Labute approximate surface area is 135 Å². The monoisotopic (exact) mass is 315 g/mol. The second-order valence-electron chi connectivity index (χ2n) is 5.83. The molecular formula is C18H13N5O. The fourth-order valence-corrected chi connectivity index (χ4v) is 3.32. The van der Waals surface area contributed by atoms with Gasteiger partial charge in [0, 0.05) is 30.0 Å². The van der Waals surface area contributed by atoms with Gasteiger partial charge in [-0.25, -0.2) is 9.97 Å². The molecule has 0 amide bonds. The van der Waals surface area contributed by atoms with Crippen LogP contribution in [0.1, 0.15) is 5.69 Å². The predicted octanol–water partition coefficient (Wildman–Crippen LogP) is 1.61. The Morgan fingerprint density at radius 2 is 2.04 bits per heavy atom. The van der Waals surface area contributed by atoms with Crippen LogP contribution in [0.4, 0.5) is 0 Å². The Kier molecular flexibility index (Phi) is 2.48. The first-order valence-electron chi connectivity index (χ1n) is 7.61. The highest BCUT2D eigenvalue weighted by molar-refractivity contribution is 6.09. The van der Waals surface area contributed by atoms with Crippen molar-refractivity contribution in [1.82, 2.24) is 23.9 Å². The van der Waals surface area contributed by atoms with Crippen LogP contribution < -0.4 is 10.8 Å². The summed E-state index contributed by atoms with van der Waals surface area (Å²) in [6.07, 6.45) is 9.16. The van der Waals surface area contributed by atoms with Gasteiger partial charge in [-0.15, -0.1) is 0 Å². The lowest BCUT2D eigenvalue weighted by molar-refractivity contribution is 0.902. The molecule has 2 aromatic carbocycles. The maximum atomic E-state index is 12.3. The summed E-state index contributed by atoms with van der Waals surface area (Å²) in [5, 5.41) is 3.16. The highest BCUT2D eigenvalue weighted by Gasteiger charge is 2.13. The number of imidazole rings is 2. The first-order chi connectivity index (χ1) is 11.7. The van der Waals surface area contributed by atoms with E-state index >= 15 is 0 Å². The quantitative estimate of drug-likeness (QED) is 0.511. The van der Waals surface area contributed by atoms with E-state index < -0.39 is 0 Å². The molecule has 116 valence electrons. The van der Waals surface area contributed by atoms with E-state index in [9.17, 15) is 4.79 Å². The molecule has 0 radical (unpaired) electrons. The van der Waals surface area contributed by atoms with E-state index in [0.717, 1.165) is 32.7 Å². The number of rotatable bonds is 1. The number of fused-ring (bicyclic) bond motifs is 5. The minimum Gasteiger partial charge on any atom is -0.334 e. The molecule has 3 aromatic heterocycles. The number of hydrogen-bond acceptors (Lipinski definition) is 3. The van der Waals surface area contributed by atoms with E-state index in [4.69, 9.17) is 0 Å². The molecule has 3 heterocycles. The van der Waals surface area contributed by atoms with Crippen molar-refractivity contribution in [2.75, 3.05) is 0 Å². The molecule has 6 heteroatoms. The van der Waals surface area contributed by atoms with Gasteiger partial charge >= 0.3 is 0 Å². The van der Waals surface area contributed by atoms with Crippen molar-refractivity contribution < 1.29 is 0 Å². The molecule has 0 unspecified atom stereocenters. The molecule has 0 saturated carbocycles. The van der Waals surface area contributed by atoms with Gasteiger partial charge in [0.2, 0.25) is 5.65 Å². The molecule has 0 saturated heterocycles. The van der Waals surface area contributed by atoms with Crippen LogP contribution in [0, 0.1) is 0 Å². The Morgan fingerprint density at radius 3 is 2.83 bits per heavy atom. The molecule has 5 rings (SSSR count). The maximum Gasteiger partial charge on any atom is 0.292 e. The van der Waals surface area contributed by atoms with Crippen LogP contribution in [0.25, 0.3) is 33.5 Å². The summed E-state index contributed by atoms with van der Waals surface area (Å²) in [5.41, 5.74) is 2.99. The van der Waals surface area contributed by atoms with Gasteiger partial charge in [0.15, 0.2) is 0 Å². The summed E-state index contributed by atoms with van der Waals surface area (Å²) in [5.74, 6) is 0. The van der Waals surface area contributed by atoms with Crippen molar-refractivity contribution in [3.63, 3.8) is 0 Å². The molecule has 0 atom stereocenters. The fraction of sp³-hybridized carbons (Fsp3) is 0.0556. The molecule has 5 aromatic rings. The van der Waals surface area contributed by atoms with E-state index in [1.165, 1.54) is 0 Å². The Balaban J connectivity index is 2.12. The van der Waals surface area contributed by atoms with Crippen molar-refractivity contribution in [2.45, 2.75) is 0 Å². The van der Waals surface area contributed by atoms with Crippen LogP contribution in [-0.2, 0) is 7.05 Å². The van der Waals surface area contributed by atoms with Gasteiger partial charge < -0.3 is 9.55 Å². The number of H-pyrrole nitrogens is 1. The number of nitrogens with zero attached hydrogens (tertiary/aromatic N) is 4. The lowest BCUT2D eigenvalue weighted by Gasteiger charge is -1.98. The molecule has 0 spiro atoms. The normalized spacial score (nSPS) is 12.8. The third-order valence-corrected chi connectivity index (χ3v) is 4.45. The third-order valence-electron chi connectivity index (χ3n) is 4.45. The minimum atomic E-state index is -0.185. The second kappa shape index (κ2) is 4.55. The van der Waals surface area contributed by atoms with Crippen molar-refractivity contribution in [2.24, 2.45) is 7.05 Å². The molecule has 0 bridgehead atoms. The summed E-state index contributed by atoms with van der Waals surface area (Å²) < 4.78 is 3.82. The van der Waals surface area contributed by atoms with Crippen molar-refractivity contribution in [3.05, 3.63) is 70.4 Å². The minimum absolute atomic E-state index is 0.185. The summed E-state index contributed by atoms with van der Waals surface area (Å²) in [7, 11) is 1.96.